The highest BCUT2D eigenvalue weighted by molar-refractivity contribution is 9.10. The van der Waals surface area contributed by atoms with Gasteiger partial charge in [-0.3, -0.25) is 4.79 Å². The van der Waals surface area contributed by atoms with Gasteiger partial charge in [0.1, 0.15) is 11.9 Å². The molecule has 1 aliphatic rings. The number of aliphatic hydroxyl groups excluding tert-OH is 1. The fraction of sp³-hybridized carbons (Fsp3) is 0.188. The number of rotatable bonds is 2. The van der Waals surface area contributed by atoms with Crippen LogP contribution in [0.1, 0.15) is 22.8 Å². The third-order valence-corrected chi connectivity index (χ3v) is 4.44. The smallest absolute Gasteiger partial charge is 0.231 e. The molecule has 0 aromatic heterocycles. The zero-order valence-corrected chi connectivity index (χ0v) is 12.9. The Labute approximate surface area is 130 Å². The summed E-state index contributed by atoms with van der Waals surface area (Å²) in [7, 11) is 1.74. The van der Waals surface area contributed by atoms with E-state index in [4.69, 9.17) is 0 Å². The summed E-state index contributed by atoms with van der Waals surface area (Å²) in [4.78, 5) is 13.3. The second kappa shape index (κ2) is 5.24. The maximum atomic E-state index is 13.1. The summed E-state index contributed by atoms with van der Waals surface area (Å²) in [5, 5.41) is 10.5. The lowest BCUT2D eigenvalue weighted by Gasteiger charge is -2.15. The first-order chi connectivity index (χ1) is 9.97. The molecule has 3 rings (SSSR count). The predicted octanol–water partition coefficient (Wildman–Crippen LogP) is 3.19. The van der Waals surface area contributed by atoms with Crippen LogP contribution in [-0.2, 0) is 11.2 Å². The van der Waals surface area contributed by atoms with Gasteiger partial charge >= 0.3 is 0 Å². The summed E-state index contributed by atoms with van der Waals surface area (Å²) in [5.41, 5.74) is 3.05. The number of nitrogens with zero attached hydrogens (tertiary/aromatic N) is 1. The van der Waals surface area contributed by atoms with Gasteiger partial charge in [0.25, 0.3) is 0 Å². The van der Waals surface area contributed by atoms with Crippen LogP contribution >= 0.6 is 15.9 Å². The van der Waals surface area contributed by atoms with Gasteiger partial charge in [-0.25, -0.2) is 4.39 Å². The van der Waals surface area contributed by atoms with Crippen molar-refractivity contribution in [3.05, 3.63) is 63.4 Å². The topological polar surface area (TPSA) is 40.5 Å². The van der Waals surface area contributed by atoms with Crippen molar-refractivity contribution in [2.45, 2.75) is 12.5 Å². The molecule has 1 unspecified atom stereocenters. The quantitative estimate of drug-likeness (QED) is 0.904. The average molecular weight is 350 g/mol. The van der Waals surface area contributed by atoms with E-state index < -0.39 is 6.10 Å². The molecule has 3 nitrogen and oxygen atoms in total. The van der Waals surface area contributed by atoms with E-state index in [1.54, 1.807) is 24.1 Å². The first-order valence-corrected chi connectivity index (χ1v) is 7.29. The van der Waals surface area contributed by atoms with Crippen LogP contribution in [0.15, 0.2) is 40.9 Å². The van der Waals surface area contributed by atoms with E-state index in [1.165, 1.54) is 12.1 Å². The predicted molar refractivity (Wildman–Crippen MR) is 81.7 cm³/mol. The lowest BCUT2D eigenvalue weighted by molar-refractivity contribution is -0.117. The minimum Gasteiger partial charge on any atom is -0.384 e. The molecule has 1 aliphatic heterocycles. The SMILES string of the molecule is CN1C(=O)Cc2cc(C(O)c3ccc(F)cc3Br)ccc21. The number of fused-ring (bicyclic) bond motifs is 1. The highest BCUT2D eigenvalue weighted by Gasteiger charge is 2.25. The maximum Gasteiger partial charge on any atom is 0.231 e. The summed E-state index contributed by atoms with van der Waals surface area (Å²) in [6.07, 6.45) is -0.525. The molecule has 5 heteroatoms. The lowest BCUT2D eigenvalue weighted by Crippen LogP contribution is -2.20. The van der Waals surface area contributed by atoms with Crippen molar-refractivity contribution >= 4 is 27.5 Å². The first-order valence-electron chi connectivity index (χ1n) is 6.50. The van der Waals surface area contributed by atoms with Gasteiger partial charge in [-0.05, 0) is 34.9 Å². The summed E-state index contributed by atoms with van der Waals surface area (Å²) < 4.78 is 13.6. The van der Waals surface area contributed by atoms with Crippen molar-refractivity contribution in [2.75, 3.05) is 11.9 Å². The molecular formula is C16H13BrFNO2. The van der Waals surface area contributed by atoms with Crippen LogP contribution in [0.3, 0.4) is 0 Å². The molecular weight excluding hydrogens is 337 g/mol. The third kappa shape index (κ3) is 2.47. The summed E-state index contributed by atoms with van der Waals surface area (Å²) in [6.45, 7) is 0. The zero-order chi connectivity index (χ0) is 15.1. The Morgan fingerprint density at radius 3 is 2.76 bits per heavy atom. The van der Waals surface area contributed by atoms with Gasteiger partial charge in [0.05, 0.1) is 6.42 Å². The molecule has 0 saturated heterocycles. The molecule has 1 N–H and O–H groups in total. The number of carbonyl (C=O) groups excluding carboxylic acids is 1. The van der Waals surface area contributed by atoms with Crippen molar-refractivity contribution in [1.82, 2.24) is 0 Å². The number of carbonyl (C=O) groups is 1. The maximum absolute atomic E-state index is 13.1. The molecule has 108 valence electrons. The second-order valence-corrected chi connectivity index (χ2v) is 5.94. The van der Waals surface area contributed by atoms with Crippen molar-refractivity contribution < 1.29 is 14.3 Å². The van der Waals surface area contributed by atoms with E-state index in [0.717, 1.165) is 11.3 Å². The number of likely N-dealkylation sites (N-methyl/N-ethyl adjacent to an activating group) is 1. The fourth-order valence-electron chi connectivity index (χ4n) is 2.56. The molecule has 0 fully saturated rings. The summed E-state index contributed by atoms with van der Waals surface area (Å²) >= 11 is 3.26. The van der Waals surface area contributed by atoms with Gasteiger partial charge in [-0.1, -0.05) is 34.1 Å². The largest absolute Gasteiger partial charge is 0.384 e. The summed E-state index contributed by atoms with van der Waals surface area (Å²) in [5.74, 6) is -0.321. The monoisotopic (exact) mass is 349 g/mol. The van der Waals surface area contributed by atoms with Crippen molar-refractivity contribution in [3.63, 3.8) is 0 Å². The molecule has 0 saturated carbocycles. The number of halogens is 2. The highest BCUT2D eigenvalue weighted by atomic mass is 79.9. The standard InChI is InChI=1S/C16H13BrFNO2/c1-19-14-5-2-9(6-10(14)7-15(19)20)16(21)12-4-3-11(18)8-13(12)17/h2-6,8,16,21H,7H2,1H3. The Bertz CT molecular complexity index is 732. The average Bonchev–Trinajstić information content (AvgIpc) is 2.73. The van der Waals surface area contributed by atoms with Gasteiger partial charge < -0.3 is 10.0 Å². The van der Waals surface area contributed by atoms with Gasteiger partial charge in [0.15, 0.2) is 0 Å². The second-order valence-electron chi connectivity index (χ2n) is 5.09. The van der Waals surface area contributed by atoms with Crippen LogP contribution in [0.4, 0.5) is 10.1 Å². The van der Waals surface area contributed by atoms with E-state index in [-0.39, 0.29) is 11.7 Å². The molecule has 1 atom stereocenters. The number of hydrogen-bond acceptors (Lipinski definition) is 2. The number of hydrogen-bond donors (Lipinski definition) is 1. The van der Waals surface area contributed by atoms with Crippen LogP contribution in [0.25, 0.3) is 0 Å². The molecule has 0 spiro atoms. The van der Waals surface area contributed by atoms with E-state index in [2.05, 4.69) is 15.9 Å². The Morgan fingerprint density at radius 1 is 1.29 bits per heavy atom. The van der Waals surface area contributed by atoms with Gasteiger partial charge in [0, 0.05) is 17.2 Å². The molecule has 1 heterocycles. The van der Waals surface area contributed by atoms with E-state index in [9.17, 15) is 14.3 Å². The van der Waals surface area contributed by atoms with Crippen molar-refractivity contribution in [3.8, 4) is 0 Å². The molecule has 2 aromatic rings. The fourth-order valence-corrected chi connectivity index (χ4v) is 3.13. The molecule has 21 heavy (non-hydrogen) atoms. The molecule has 2 aromatic carbocycles. The number of amides is 1. The normalized spacial score (nSPS) is 15.2. The van der Waals surface area contributed by atoms with E-state index in [1.807, 2.05) is 12.1 Å². The Balaban J connectivity index is 1.98. The number of aliphatic hydroxyl groups is 1. The molecule has 1 amide bonds. The number of benzene rings is 2. The van der Waals surface area contributed by atoms with Crippen molar-refractivity contribution in [1.29, 1.82) is 0 Å². The van der Waals surface area contributed by atoms with Crippen LogP contribution in [0, 0.1) is 5.82 Å². The molecule has 0 aliphatic carbocycles. The van der Waals surface area contributed by atoms with Gasteiger partial charge in [0.2, 0.25) is 5.91 Å². The third-order valence-electron chi connectivity index (χ3n) is 3.75. The highest BCUT2D eigenvalue weighted by Crippen LogP contribution is 2.34. The number of anilines is 1. The van der Waals surface area contributed by atoms with Crippen LogP contribution in [0.2, 0.25) is 0 Å². The van der Waals surface area contributed by atoms with Gasteiger partial charge in [-0.15, -0.1) is 0 Å². The van der Waals surface area contributed by atoms with E-state index in [0.29, 0.717) is 22.0 Å². The zero-order valence-electron chi connectivity index (χ0n) is 11.3. The molecule has 0 radical (unpaired) electrons. The Morgan fingerprint density at radius 2 is 2.05 bits per heavy atom. The van der Waals surface area contributed by atoms with Crippen molar-refractivity contribution in [2.24, 2.45) is 0 Å². The van der Waals surface area contributed by atoms with Crippen LogP contribution in [-0.4, -0.2) is 18.1 Å². The summed E-state index contributed by atoms with van der Waals surface area (Å²) in [6, 6.07) is 9.63. The lowest BCUT2D eigenvalue weighted by atomic mass is 9.98. The minimum atomic E-state index is -0.869. The van der Waals surface area contributed by atoms with E-state index >= 15 is 0 Å². The minimum absolute atomic E-state index is 0.0413. The Hall–Kier alpha value is -1.72. The van der Waals surface area contributed by atoms with Crippen LogP contribution in [0.5, 0.6) is 0 Å². The van der Waals surface area contributed by atoms with Crippen LogP contribution < -0.4 is 4.90 Å². The Kier molecular flexibility index (Phi) is 3.55. The van der Waals surface area contributed by atoms with Gasteiger partial charge in [-0.2, -0.15) is 0 Å². The first kappa shape index (κ1) is 14.2. The molecule has 0 bridgehead atoms.